The van der Waals surface area contributed by atoms with Crippen molar-refractivity contribution in [2.75, 3.05) is 7.11 Å². The minimum Gasteiger partial charge on any atom is -0.497 e. The number of para-hydroxylation sites is 1. The Morgan fingerprint density at radius 2 is 1.88 bits per heavy atom. The zero-order valence-corrected chi connectivity index (χ0v) is 13.9. The van der Waals surface area contributed by atoms with E-state index in [9.17, 15) is 4.79 Å². The summed E-state index contributed by atoms with van der Waals surface area (Å²) in [6.45, 7) is 0. The molecule has 0 spiro atoms. The molecule has 0 aliphatic carbocycles. The Labute approximate surface area is 147 Å². The lowest BCUT2D eigenvalue weighted by Gasteiger charge is -2.04. The van der Waals surface area contributed by atoms with Gasteiger partial charge in [-0.05, 0) is 30.3 Å². The van der Waals surface area contributed by atoms with Gasteiger partial charge in [0.25, 0.3) is 0 Å². The van der Waals surface area contributed by atoms with E-state index >= 15 is 0 Å². The third kappa shape index (κ3) is 2.02. The van der Waals surface area contributed by atoms with Gasteiger partial charge in [0.2, 0.25) is 5.78 Å². The van der Waals surface area contributed by atoms with Gasteiger partial charge in [0, 0.05) is 16.5 Å². The highest BCUT2D eigenvalue weighted by Crippen LogP contribution is 2.31. The summed E-state index contributed by atoms with van der Waals surface area (Å²) < 4.78 is 5.16. The zero-order chi connectivity index (χ0) is 17.7. The van der Waals surface area contributed by atoms with Crippen molar-refractivity contribution in [3.8, 4) is 5.75 Å². The first-order chi connectivity index (χ1) is 12.8. The van der Waals surface area contributed by atoms with Gasteiger partial charge in [-0.15, -0.1) is 0 Å². The van der Waals surface area contributed by atoms with Gasteiger partial charge >= 0.3 is 0 Å². The van der Waals surface area contributed by atoms with Crippen LogP contribution in [-0.2, 0) is 0 Å². The Hall–Kier alpha value is -3.67. The summed E-state index contributed by atoms with van der Waals surface area (Å²) in [6, 6.07) is 14.9. The molecule has 6 heteroatoms. The molecule has 0 bridgehead atoms. The molecule has 5 aromatic rings. The van der Waals surface area contributed by atoms with Gasteiger partial charge in [0.1, 0.15) is 22.6 Å². The van der Waals surface area contributed by atoms with E-state index in [1.165, 1.54) is 0 Å². The monoisotopic (exact) mass is 342 g/mol. The van der Waals surface area contributed by atoms with Crippen LogP contribution in [0.2, 0.25) is 0 Å². The maximum absolute atomic E-state index is 13.1. The number of aromatic nitrogens is 4. The van der Waals surface area contributed by atoms with Crippen LogP contribution in [0, 0.1) is 0 Å². The van der Waals surface area contributed by atoms with Gasteiger partial charge in [-0.1, -0.05) is 18.2 Å². The lowest BCUT2D eigenvalue weighted by atomic mass is 10.1. The molecule has 0 saturated carbocycles. The largest absolute Gasteiger partial charge is 0.497 e. The van der Waals surface area contributed by atoms with Gasteiger partial charge in [-0.3, -0.25) is 4.79 Å². The molecule has 0 aliphatic heterocycles. The van der Waals surface area contributed by atoms with Crippen LogP contribution in [0.5, 0.6) is 5.75 Å². The number of aromatic amines is 2. The number of carbonyl (C=O) groups excluding carboxylic acids is 1. The van der Waals surface area contributed by atoms with E-state index in [-0.39, 0.29) is 5.78 Å². The Morgan fingerprint density at radius 1 is 1.08 bits per heavy atom. The summed E-state index contributed by atoms with van der Waals surface area (Å²) in [5.74, 6) is 0.537. The molecule has 0 atom stereocenters. The summed E-state index contributed by atoms with van der Waals surface area (Å²) >= 11 is 0. The van der Waals surface area contributed by atoms with Gasteiger partial charge < -0.3 is 14.7 Å². The first-order valence-corrected chi connectivity index (χ1v) is 8.18. The van der Waals surface area contributed by atoms with Gasteiger partial charge in [-0.2, -0.15) is 0 Å². The zero-order valence-electron chi connectivity index (χ0n) is 13.9. The average molecular weight is 342 g/mol. The summed E-state index contributed by atoms with van der Waals surface area (Å²) in [5, 5.41) is 1.96. The molecular weight excluding hydrogens is 328 g/mol. The van der Waals surface area contributed by atoms with E-state index in [1.807, 2.05) is 24.3 Å². The topological polar surface area (TPSA) is 83.7 Å². The molecule has 26 heavy (non-hydrogen) atoms. The van der Waals surface area contributed by atoms with E-state index < -0.39 is 0 Å². The fraction of sp³-hybridized carbons (Fsp3) is 0.0500. The molecule has 2 aromatic carbocycles. The first kappa shape index (κ1) is 14.7. The summed E-state index contributed by atoms with van der Waals surface area (Å²) in [7, 11) is 1.59. The van der Waals surface area contributed by atoms with Gasteiger partial charge in [0.05, 0.1) is 24.3 Å². The summed E-state index contributed by atoms with van der Waals surface area (Å²) in [5.41, 5.74) is 3.90. The lowest BCUT2D eigenvalue weighted by molar-refractivity contribution is 0.103. The molecule has 5 rings (SSSR count). The Bertz CT molecular complexity index is 1280. The minimum atomic E-state index is -0.164. The third-order valence-corrected chi connectivity index (χ3v) is 4.59. The van der Waals surface area contributed by atoms with Gasteiger partial charge in [-0.25, -0.2) is 9.97 Å². The van der Waals surface area contributed by atoms with Crippen LogP contribution in [0.1, 0.15) is 16.1 Å². The van der Waals surface area contributed by atoms with E-state index in [1.54, 1.807) is 37.7 Å². The fourth-order valence-corrected chi connectivity index (χ4v) is 3.33. The number of methoxy groups -OCH3 is 1. The second kappa shape index (κ2) is 5.42. The molecule has 0 radical (unpaired) electrons. The number of rotatable bonds is 3. The second-order valence-electron chi connectivity index (χ2n) is 6.04. The van der Waals surface area contributed by atoms with Crippen LogP contribution < -0.4 is 4.74 Å². The molecule has 6 nitrogen and oxygen atoms in total. The van der Waals surface area contributed by atoms with Crippen LogP contribution in [0.3, 0.4) is 0 Å². The number of pyridine rings is 1. The molecular formula is C20H14N4O2. The number of nitrogens with zero attached hydrogens (tertiary/aromatic N) is 2. The molecule has 0 aliphatic rings. The highest BCUT2D eigenvalue weighted by molar-refractivity contribution is 6.22. The summed E-state index contributed by atoms with van der Waals surface area (Å²) in [4.78, 5) is 28.5. The van der Waals surface area contributed by atoms with Crippen molar-refractivity contribution in [1.82, 2.24) is 19.9 Å². The van der Waals surface area contributed by atoms with E-state index in [0.29, 0.717) is 28.2 Å². The molecule has 126 valence electrons. The normalized spacial score (nSPS) is 11.4. The standard InChI is InChI=1S/C20H14N4O2/c1-26-12-8-6-11(7-9-12)19(25)18-17-16(21-10-22-17)15-13-4-2-3-5-14(13)23-20(15)24-18/h2-10H,1H3,(H,21,22)(H,23,24). The number of hydrogen-bond donors (Lipinski definition) is 2. The van der Waals surface area contributed by atoms with E-state index in [4.69, 9.17) is 4.74 Å². The Morgan fingerprint density at radius 3 is 2.69 bits per heavy atom. The maximum Gasteiger partial charge on any atom is 0.213 e. The van der Waals surface area contributed by atoms with Crippen molar-refractivity contribution >= 4 is 38.8 Å². The lowest BCUT2D eigenvalue weighted by Crippen LogP contribution is -2.05. The highest BCUT2D eigenvalue weighted by Gasteiger charge is 2.20. The number of ether oxygens (including phenoxy) is 1. The molecule has 0 saturated heterocycles. The van der Waals surface area contributed by atoms with E-state index in [0.717, 1.165) is 21.8 Å². The number of ketones is 1. The number of benzene rings is 2. The second-order valence-corrected chi connectivity index (χ2v) is 6.04. The van der Waals surface area contributed by atoms with Crippen LogP contribution in [0.4, 0.5) is 0 Å². The maximum atomic E-state index is 13.1. The smallest absolute Gasteiger partial charge is 0.213 e. The highest BCUT2D eigenvalue weighted by atomic mass is 16.5. The quantitative estimate of drug-likeness (QED) is 0.488. The van der Waals surface area contributed by atoms with Crippen molar-refractivity contribution in [3.05, 3.63) is 66.1 Å². The minimum absolute atomic E-state index is 0.164. The van der Waals surface area contributed by atoms with Crippen molar-refractivity contribution in [2.24, 2.45) is 0 Å². The van der Waals surface area contributed by atoms with Gasteiger partial charge in [0.15, 0.2) is 0 Å². The third-order valence-electron chi connectivity index (χ3n) is 4.59. The van der Waals surface area contributed by atoms with Crippen LogP contribution in [0.25, 0.3) is 33.0 Å². The average Bonchev–Trinajstić information content (AvgIpc) is 3.30. The van der Waals surface area contributed by atoms with Crippen LogP contribution >= 0.6 is 0 Å². The number of H-pyrrole nitrogens is 2. The number of hydrogen-bond acceptors (Lipinski definition) is 4. The molecule has 0 unspecified atom stereocenters. The van der Waals surface area contributed by atoms with Crippen molar-refractivity contribution in [3.63, 3.8) is 0 Å². The molecule has 3 aromatic heterocycles. The summed E-state index contributed by atoms with van der Waals surface area (Å²) in [6.07, 6.45) is 1.60. The SMILES string of the molecule is COc1ccc(C(=O)c2nc3[nH]c4ccccc4c3c3nc[nH]c23)cc1. The Kier molecular flexibility index (Phi) is 3.05. The van der Waals surface area contributed by atoms with Crippen molar-refractivity contribution < 1.29 is 9.53 Å². The molecule has 0 amide bonds. The number of carbonyl (C=O) groups is 1. The van der Waals surface area contributed by atoms with Crippen LogP contribution in [-0.4, -0.2) is 32.8 Å². The fourth-order valence-electron chi connectivity index (χ4n) is 3.33. The molecule has 0 fully saturated rings. The van der Waals surface area contributed by atoms with Crippen molar-refractivity contribution in [2.45, 2.75) is 0 Å². The van der Waals surface area contributed by atoms with Crippen molar-refractivity contribution in [1.29, 1.82) is 0 Å². The number of fused-ring (bicyclic) bond motifs is 5. The first-order valence-electron chi connectivity index (χ1n) is 8.18. The number of imidazole rings is 1. The predicted molar refractivity (Wildman–Crippen MR) is 99.7 cm³/mol. The number of nitrogens with one attached hydrogen (secondary N) is 2. The molecule has 3 heterocycles. The van der Waals surface area contributed by atoms with E-state index in [2.05, 4.69) is 19.9 Å². The predicted octanol–water partition coefficient (Wildman–Crippen LogP) is 3.83. The Balaban J connectivity index is 1.77. The molecule has 2 N–H and O–H groups in total. The van der Waals surface area contributed by atoms with Crippen LogP contribution in [0.15, 0.2) is 54.9 Å².